The fourth-order valence-electron chi connectivity index (χ4n) is 6.88. The van der Waals surface area contributed by atoms with Gasteiger partial charge in [-0.05, 0) is 42.0 Å². The number of fused-ring (bicyclic) bond motifs is 2. The number of hydrogen-bond donors (Lipinski definition) is 0. The Morgan fingerprint density at radius 3 is 2.17 bits per heavy atom. The molecule has 2 bridgehead atoms. The van der Waals surface area contributed by atoms with Gasteiger partial charge in [-0.3, -0.25) is 14.6 Å². The number of benzene rings is 3. The van der Waals surface area contributed by atoms with Crippen LogP contribution in [0.2, 0.25) is 0 Å². The van der Waals surface area contributed by atoms with Crippen LogP contribution in [0.15, 0.2) is 109 Å². The van der Waals surface area contributed by atoms with Gasteiger partial charge >= 0.3 is 18.0 Å². The summed E-state index contributed by atoms with van der Waals surface area (Å²) in [5.41, 5.74) is -0.621. The van der Waals surface area contributed by atoms with E-state index < -0.39 is 47.2 Å². The molecule has 5 atom stereocenters. The number of urea groups is 2. The van der Waals surface area contributed by atoms with Gasteiger partial charge in [0.15, 0.2) is 5.66 Å². The topological polar surface area (TPSA) is 79.4 Å². The molecule has 4 aliphatic heterocycles. The number of nitrogens with zero attached hydrogens (tertiary/aromatic N) is 3. The van der Waals surface area contributed by atoms with E-state index in [1.807, 2.05) is 91.0 Å². The first-order valence-electron chi connectivity index (χ1n) is 13.3. The molecule has 7 rings (SSSR count). The number of carbonyl (C=O) groups excluding carboxylic acids is 3. The molecule has 8 nitrogen and oxygen atoms in total. The summed E-state index contributed by atoms with van der Waals surface area (Å²) in [5.74, 6) is -1.45. The summed E-state index contributed by atoms with van der Waals surface area (Å²) in [7, 11) is 1.36. The highest BCUT2D eigenvalue weighted by atomic mass is 16.5. The van der Waals surface area contributed by atoms with Crippen molar-refractivity contribution >= 4 is 35.5 Å². The van der Waals surface area contributed by atoms with Crippen molar-refractivity contribution in [2.75, 3.05) is 23.5 Å². The predicted octanol–water partition coefficient (Wildman–Crippen LogP) is 5.09. The number of hydrogen-bond acceptors (Lipinski definition) is 5. The largest absolute Gasteiger partial charge is 0.469 e. The van der Waals surface area contributed by atoms with Crippen molar-refractivity contribution in [1.29, 1.82) is 0 Å². The van der Waals surface area contributed by atoms with Crippen molar-refractivity contribution in [3.05, 3.63) is 115 Å². The lowest BCUT2D eigenvalue weighted by atomic mass is 9.71. The monoisotopic (exact) mass is 533 g/mol. The minimum Gasteiger partial charge on any atom is -0.469 e. The maximum atomic E-state index is 14.6. The Bertz CT molecular complexity index is 1540. The Balaban J connectivity index is 1.50. The minimum atomic E-state index is -1.40. The maximum absolute atomic E-state index is 14.6. The number of esters is 1. The number of amides is 4. The molecule has 3 aromatic rings. The molecule has 200 valence electrons. The standard InChI is InChI=1S/C32H27N3O5/c1-39-28(36)27-25-21-33-29(37)34(23-13-7-3-8-14-23)30(38)35(24-15-9-4-10-16-24)32(33,31(25)19-18-26(27)40-31)20-17-22-11-5-2-6-12-22/h2-20,25-27H,21H2,1H3/b20-17+/t25-,26-,27-,31+,32+/m1/s1. The molecule has 0 radical (unpaired) electrons. The Morgan fingerprint density at radius 2 is 1.52 bits per heavy atom. The molecule has 4 amide bonds. The van der Waals surface area contributed by atoms with Gasteiger partial charge in [0, 0.05) is 18.2 Å². The van der Waals surface area contributed by atoms with Crippen LogP contribution in [0.3, 0.4) is 0 Å². The van der Waals surface area contributed by atoms with Gasteiger partial charge in [-0.25, -0.2) is 14.5 Å². The summed E-state index contributed by atoms with van der Waals surface area (Å²) in [5, 5.41) is 0. The molecule has 0 N–H and O–H groups in total. The fraction of sp³-hybridized carbons (Fsp3) is 0.219. The van der Waals surface area contributed by atoms with Crippen molar-refractivity contribution < 1.29 is 23.9 Å². The van der Waals surface area contributed by atoms with Crippen molar-refractivity contribution in [1.82, 2.24) is 4.90 Å². The lowest BCUT2D eigenvalue weighted by Gasteiger charge is -2.55. The number of anilines is 2. The molecule has 0 saturated carbocycles. The zero-order valence-corrected chi connectivity index (χ0v) is 21.8. The van der Waals surface area contributed by atoms with Crippen LogP contribution in [-0.2, 0) is 14.3 Å². The number of ether oxygens (including phenoxy) is 2. The average molecular weight is 534 g/mol. The maximum Gasteiger partial charge on any atom is 0.339 e. The van der Waals surface area contributed by atoms with Crippen LogP contribution in [0.5, 0.6) is 0 Å². The van der Waals surface area contributed by atoms with Gasteiger partial charge in [-0.15, -0.1) is 0 Å². The van der Waals surface area contributed by atoms with Crippen LogP contribution in [0.1, 0.15) is 5.56 Å². The van der Waals surface area contributed by atoms with Crippen LogP contribution < -0.4 is 9.80 Å². The second kappa shape index (κ2) is 8.93. The van der Waals surface area contributed by atoms with E-state index in [4.69, 9.17) is 9.47 Å². The van der Waals surface area contributed by atoms with Crippen molar-refractivity contribution in [2.24, 2.45) is 11.8 Å². The van der Waals surface area contributed by atoms with Crippen LogP contribution in [0, 0.1) is 11.8 Å². The van der Waals surface area contributed by atoms with Gasteiger partial charge in [-0.1, -0.05) is 78.9 Å². The molecular weight excluding hydrogens is 506 g/mol. The van der Waals surface area contributed by atoms with E-state index in [0.29, 0.717) is 11.4 Å². The van der Waals surface area contributed by atoms with E-state index in [1.165, 1.54) is 12.0 Å². The van der Waals surface area contributed by atoms with E-state index in [-0.39, 0.29) is 6.54 Å². The Kier molecular flexibility index (Phi) is 5.43. The molecule has 1 spiro atoms. The third kappa shape index (κ3) is 3.14. The molecule has 8 heteroatoms. The predicted molar refractivity (Wildman–Crippen MR) is 149 cm³/mol. The molecule has 0 aliphatic carbocycles. The molecular formula is C32H27N3O5. The summed E-state index contributed by atoms with van der Waals surface area (Å²) >= 11 is 0. The van der Waals surface area contributed by atoms with Crippen LogP contribution >= 0.6 is 0 Å². The molecule has 0 unspecified atom stereocenters. The Morgan fingerprint density at radius 1 is 0.900 bits per heavy atom. The lowest BCUT2D eigenvalue weighted by molar-refractivity contribution is -0.147. The fourth-order valence-corrected chi connectivity index (χ4v) is 6.88. The summed E-state index contributed by atoms with van der Waals surface area (Å²) in [4.78, 5) is 46.7. The molecule has 0 aromatic heterocycles. The Labute approximate surface area is 231 Å². The first-order chi connectivity index (χ1) is 19.5. The van der Waals surface area contributed by atoms with Crippen molar-refractivity contribution in [3.8, 4) is 0 Å². The second-order valence-corrected chi connectivity index (χ2v) is 10.4. The number of methoxy groups -OCH3 is 1. The third-order valence-corrected chi connectivity index (χ3v) is 8.52. The molecule has 4 aliphatic rings. The summed E-state index contributed by atoms with van der Waals surface area (Å²) in [6.45, 7) is 0.193. The quantitative estimate of drug-likeness (QED) is 0.337. The summed E-state index contributed by atoms with van der Waals surface area (Å²) in [6, 6.07) is 26.9. The highest BCUT2D eigenvalue weighted by Crippen LogP contribution is 2.62. The van der Waals surface area contributed by atoms with E-state index in [0.717, 1.165) is 5.56 Å². The smallest absolute Gasteiger partial charge is 0.339 e. The van der Waals surface area contributed by atoms with Crippen LogP contribution in [0.25, 0.3) is 6.08 Å². The SMILES string of the molecule is COC(=O)[C@@H]1[C@H]2CN3C(=O)N(c4ccccc4)C(=O)N(c4ccccc4)[C@@]3(/C=C/c3ccccc3)[C@]23C=C[C@H]1O3. The van der Waals surface area contributed by atoms with Gasteiger partial charge in [0.1, 0.15) is 5.60 Å². The highest BCUT2D eigenvalue weighted by molar-refractivity contribution is 6.22. The van der Waals surface area contributed by atoms with E-state index in [9.17, 15) is 14.4 Å². The number of rotatable bonds is 5. The molecule has 3 aromatic carbocycles. The second-order valence-electron chi connectivity index (χ2n) is 10.4. The molecule has 3 fully saturated rings. The van der Waals surface area contributed by atoms with Crippen LogP contribution in [-0.4, -0.2) is 54.0 Å². The van der Waals surface area contributed by atoms with E-state index >= 15 is 0 Å². The van der Waals surface area contributed by atoms with Crippen LogP contribution in [0.4, 0.5) is 21.0 Å². The van der Waals surface area contributed by atoms with Crippen molar-refractivity contribution in [2.45, 2.75) is 17.4 Å². The van der Waals surface area contributed by atoms with Gasteiger partial charge < -0.3 is 9.47 Å². The van der Waals surface area contributed by atoms with Gasteiger partial charge in [0.05, 0.1) is 24.8 Å². The van der Waals surface area contributed by atoms with Crippen molar-refractivity contribution in [3.63, 3.8) is 0 Å². The number of para-hydroxylation sites is 2. The number of carbonyl (C=O) groups is 3. The first-order valence-corrected chi connectivity index (χ1v) is 13.3. The molecule has 3 saturated heterocycles. The minimum absolute atomic E-state index is 0.193. The number of imide groups is 1. The van der Waals surface area contributed by atoms with E-state index in [1.54, 1.807) is 34.1 Å². The van der Waals surface area contributed by atoms with Gasteiger partial charge in [0.2, 0.25) is 0 Å². The van der Waals surface area contributed by atoms with E-state index in [2.05, 4.69) is 0 Å². The molecule has 4 heterocycles. The first kappa shape index (κ1) is 24.4. The summed E-state index contributed by atoms with van der Waals surface area (Å²) < 4.78 is 11.9. The molecule has 40 heavy (non-hydrogen) atoms. The zero-order chi connectivity index (χ0) is 27.5. The van der Waals surface area contributed by atoms with Gasteiger partial charge in [0.25, 0.3) is 0 Å². The Hall–Kier alpha value is -4.69. The summed E-state index contributed by atoms with van der Waals surface area (Å²) in [6.07, 6.45) is 7.08. The third-order valence-electron chi connectivity index (χ3n) is 8.52. The van der Waals surface area contributed by atoms with Gasteiger partial charge in [-0.2, -0.15) is 0 Å². The lowest BCUT2D eigenvalue weighted by Crippen LogP contribution is -2.77. The average Bonchev–Trinajstić information content (AvgIpc) is 3.65. The normalized spacial score (nSPS) is 30.2. The zero-order valence-electron chi connectivity index (χ0n) is 21.8. The highest BCUT2D eigenvalue weighted by Gasteiger charge is 2.78.